The standard InChI is InChI=1S/C45H52FN7O6S/c1-29(2)21-33-26-52(27-40(33)54)43(55)49-38-23-34(46)22-36(30(38)3)41-37-24-39(53(42(37)48-28-47-41)60(58,59)35-7-5-4-6-8-35)32-11-9-31(10-12-32)25-50-17-13-45(14-18-50)15-19-51(20-16-45)44(56)57/h4-12,22-24,28-29,33,40,54H,13-21,25-27H2,1-3H3,(H,49,55)(H,56,57)/t33-,40-/m0/s1. The van der Waals surface area contributed by atoms with Crippen molar-refractivity contribution in [2.75, 3.05) is 44.6 Å². The van der Waals surface area contributed by atoms with E-state index < -0.39 is 34.1 Å². The third-order valence-corrected chi connectivity index (χ3v) is 14.6. The van der Waals surface area contributed by atoms with Gasteiger partial charge in [-0.25, -0.2) is 36.3 Å². The number of nitrogens with one attached hydrogen (secondary N) is 1. The van der Waals surface area contributed by atoms with E-state index in [1.807, 2.05) is 24.3 Å². The second-order valence-corrected chi connectivity index (χ2v) is 19.0. The fourth-order valence-electron chi connectivity index (χ4n) is 9.35. The van der Waals surface area contributed by atoms with E-state index in [-0.39, 0.29) is 34.1 Å². The summed E-state index contributed by atoms with van der Waals surface area (Å²) in [6.07, 6.45) is 4.41. The van der Waals surface area contributed by atoms with Gasteiger partial charge in [-0.15, -0.1) is 0 Å². The van der Waals surface area contributed by atoms with Crippen LogP contribution in [0.25, 0.3) is 33.5 Å². The highest BCUT2D eigenvalue weighted by Crippen LogP contribution is 2.42. The van der Waals surface area contributed by atoms with E-state index in [9.17, 15) is 28.2 Å². The Hall–Kier alpha value is -5.38. The largest absolute Gasteiger partial charge is 0.465 e. The van der Waals surface area contributed by atoms with Gasteiger partial charge in [0.2, 0.25) is 0 Å². The number of aliphatic hydroxyl groups is 1. The Morgan fingerprint density at radius 1 is 0.917 bits per heavy atom. The van der Waals surface area contributed by atoms with Gasteiger partial charge in [-0.05, 0) is 110 Å². The Labute approximate surface area is 349 Å². The van der Waals surface area contributed by atoms with Gasteiger partial charge in [0.15, 0.2) is 5.65 Å². The number of nitrogens with zero attached hydrogens (tertiary/aromatic N) is 6. The van der Waals surface area contributed by atoms with Crippen molar-refractivity contribution >= 4 is 38.9 Å². The third-order valence-electron chi connectivity index (χ3n) is 12.8. The first kappa shape index (κ1) is 41.4. The molecule has 0 unspecified atom stereocenters. The number of hydrogen-bond donors (Lipinski definition) is 3. The number of rotatable bonds is 9. The predicted molar refractivity (Wildman–Crippen MR) is 227 cm³/mol. The third kappa shape index (κ3) is 8.22. The molecule has 5 aromatic rings. The number of hydrogen-bond acceptors (Lipinski definition) is 8. The molecule has 2 atom stereocenters. The molecule has 0 bridgehead atoms. The molecule has 2 aromatic heterocycles. The first-order chi connectivity index (χ1) is 28.7. The lowest BCUT2D eigenvalue weighted by molar-refractivity contribution is 0.0341. The van der Waals surface area contributed by atoms with Crippen LogP contribution in [-0.4, -0.2) is 105 Å². The second-order valence-electron chi connectivity index (χ2n) is 17.2. The van der Waals surface area contributed by atoms with Gasteiger partial charge in [-0.3, -0.25) is 4.90 Å². The zero-order valence-electron chi connectivity index (χ0n) is 34.2. The van der Waals surface area contributed by atoms with Gasteiger partial charge in [-0.2, -0.15) is 0 Å². The molecule has 15 heteroatoms. The average molecular weight is 838 g/mol. The Morgan fingerprint density at radius 2 is 1.60 bits per heavy atom. The van der Waals surface area contributed by atoms with E-state index in [0.717, 1.165) is 57.3 Å². The summed E-state index contributed by atoms with van der Waals surface area (Å²) in [6, 6.07) is 19.8. The molecule has 3 aliphatic heterocycles. The number of halogens is 1. The number of piperidine rings is 2. The smallest absolute Gasteiger partial charge is 0.407 e. The Morgan fingerprint density at radius 3 is 2.27 bits per heavy atom. The maximum atomic E-state index is 15.5. The molecule has 3 N–H and O–H groups in total. The van der Waals surface area contributed by atoms with Gasteiger partial charge in [0.25, 0.3) is 10.0 Å². The lowest BCUT2D eigenvalue weighted by Crippen LogP contribution is -2.47. The van der Waals surface area contributed by atoms with Gasteiger partial charge >= 0.3 is 12.1 Å². The van der Waals surface area contributed by atoms with E-state index in [1.165, 1.54) is 39.5 Å². The van der Waals surface area contributed by atoms with Crippen LogP contribution in [0.3, 0.4) is 0 Å². The highest BCUT2D eigenvalue weighted by Gasteiger charge is 2.39. The van der Waals surface area contributed by atoms with Crippen LogP contribution in [0.4, 0.5) is 19.7 Å². The SMILES string of the molecule is Cc1c(NC(=O)N2C[C@H](CC(C)C)[C@@H](O)C2)cc(F)cc1-c1ncnc2c1cc(-c1ccc(CN3CCC4(CC3)CCN(C(=O)O)CC4)cc1)n2S(=O)(=O)c1ccccc1. The Balaban J connectivity index is 1.09. The summed E-state index contributed by atoms with van der Waals surface area (Å²) in [5, 5.41) is 23.3. The number of fused-ring (bicyclic) bond motifs is 1. The van der Waals surface area contributed by atoms with Crippen molar-refractivity contribution in [1.29, 1.82) is 0 Å². The second kappa shape index (κ2) is 16.6. The zero-order chi connectivity index (χ0) is 42.3. The minimum atomic E-state index is -4.20. The van der Waals surface area contributed by atoms with E-state index in [1.54, 1.807) is 36.1 Å². The summed E-state index contributed by atoms with van der Waals surface area (Å²) in [4.78, 5) is 39.5. The van der Waals surface area contributed by atoms with Crippen molar-refractivity contribution in [2.24, 2.45) is 17.3 Å². The summed E-state index contributed by atoms with van der Waals surface area (Å²) >= 11 is 0. The normalized spacial score (nSPS) is 19.7. The molecule has 3 amide bonds. The molecule has 8 rings (SSSR count). The van der Waals surface area contributed by atoms with Crippen LogP contribution in [0.1, 0.15) is 57.1 Å². The number of likely N-dealkylation sites (tertiary alicyclic amines) is 3. The number of carbonyl (C=O) groups is 2. The number of benzene rings is 3. The molecule has 3 saturated heterocycles. The van der Waals surface area contributed by atoms with Gasteiger partial charge in [-0.1, -0.05) is 56.3 Å². The average Bonchev–Trinajstić information content (AvgIpc) is 3.81. The molecular formula is C45H52FN7O6S. The fraction of sp³-hybridized carbons (Fsp3) is 0.422. The molecule has 60 heavy (non-hydrogen) atoms. The van der Waals surface area contributed by atoms with E-state index >= 15 is 4.39 Å². The molecule has 0 saturated carbocycles. The molecular weight excluding hydrogens is 786 g/mol. The molecule has 0 aliphatic carbocycles. The topological polar surface area (TPSA) is 161 Å². The maximum Gasteiger partial charge on any atom is 0.407 e. The molecule has 0 radical (unpaired) electrons. The Bertz CT molecular complexity index is 2490. The molecule has 3 aromatic carbocycles. The highest BCUT2D eigenvalue weighted by atomic mass is 32.2. The number of aliphatic hydroxyl groups excluding tert-OH is 1. The molecule has 1 spiro atoms. The first-order valence-electron chi connectivity index (χ1n) is 20.7. The van der Waals surface area contributed by atoms with Crippen LogP contribution in [-0.2, 0) is 16.6 Å². The van der Waals surface area contributed by atoms with Crippen LogP contribution >= 0.6 is 0 Å². The fourth-order valence-corrected chi connectivity index (χ4v) is 10.9. The van der Waals surface area contributed by atoms with Crippen molar-refractivity contribution < 1.29 is 32.6 Å². The van der Waals surface area contributed by atoms with E-state index in [0.29, 0.717) is 59.0 Å². The van der Waals surface area contributed by atoms with Gasteiger partial charge in [0, 0.05) is 55.3 Å². The molecule has 3 aliphatic rings. The van der Waals surface area contributed by atoms with Crippen LogP contribution in [0.2, 0.25) is 0 Å². The number of urea groups is 1. The van der Waals surface area contributed by atoms with Crippen molar-refractivity contribution in [3.8, 4) is 22.5 Å². The van der Waals surface area contributed by atoms with E-state index in [2.05, 4.69) is 34.0 Å². The summed E-state index contributed by atoms with van der Waals surface area (Å²) in [6.45, 7) is 10.2. The number of aromatic nitrogens is 3. The predicted octanol–water partition coefficient (Wildman–Crippen LogP) is 7.68. The summed E-state index contributed by atoms with van der Waals surface area (Å²) in [5.41, 5.74) is 3.83. The number of anilines is 1. The quantitative estimate of drug-likeness (QED) is 0.135. The maximum absolute atomic E-state index is 15.5. The lowest BCUT2D eigenvalue weighted by atomic mass is 9.71. The van der Waals surface area contributed by atoms with Crippen LogP contribution < -0.4 is 5.32 Å². The monoisotopic (exact) mass is 837 g/mol. The molecule has 3 fully saturated rings. The zero-order valence-corrected chi connectivity index (χ0v) is 35.0. The van der Waals surface area contributed by atoms with Gasteiger partial charge in [0.1, 0.15) is 12.1 Å². The van der Waals surface area contributed by atoms with Crippen molar-refractivity contribution in [2.45, 2.75) is 70.4 Å². The molecule has 13 nitrogen and oxygen atoms in total. The number of amides is 3. The van der Waals surface area contributed by atoms with E-state index in [4.69, 9.17) is 0 Å². The number of carboxylic acid groups (broad SMARTS) is 1. The highest BCUT2D eigenvalue weighted by molar-refractivity contribution is 7.90. The summed E-state index contributed by atoms with van der Waals surface area (Å²) < 4.78 is 45.8. The van der Waals surface area contributed by atoms with Crippen molar-refractivity contribution in [1.82, 2.24) is 28.6 Å². The first-order valence-corrected chi connectivity index (χ1v) is 22.2. The minimum absolute atomic E-state index is 0.0451. The minimum Gasteiger partial charge on any atom is -0.465 e. The van der Waals surface area contributed by atoms with Crippen LogP contribution in [0.5, 0.6) is 0 Å². The molecule has 5 heterocycles. The lowest BCUT2D eigenvalue weighted by Gasteiger charge is -2.46. The van der Waals surface area contributed by atoms with Crippen molar-refractivity contribution in [3.63, 3.8) is 0 Å². The van der Waals surface area contributed by atoms with Crippen LogP contribution in [0, 0.1) is 30.0 Å². The summed E-state index contributed by atoms with van der Waals surface area (Å²) in [5.74, 6) is -0.298. The number of carbonyl (C=O) groups excluding carboxylic acids is 1. The molecule has 316 valence electrons. The summed E-state index contributed by atoms with van der Waals surface area (Å²) in [7, 11) is -4.20. The number of β-amino-alcohol motifs (C(OH)–C–C–N with tert-alkyl or cyclic N) is 1. The Kier molecular flexibility index (Phi) is 11.4. The van der Waals surface area contributed by atoms with Gasteiger partial charge in [0.05, 0.1) is 22.4 Å². The van der Waals surface area contributed by atoms with Crippen molar-refractivity contribution in [3.05, 3.63) is 96.1 Å². The van der Waals surface area contributed by atoms with Crippen LogP contribution in [0.15, 0.2) is 84.0 Å². The van der Waals surface area contributed by atoms with Gasteiger partial charge < -0.3 is 25.3 Å².